The molecule has 1 aromatic rings. The van der Waals surface area contributed by atoms with Crippen LogP contribution in [0.1, 0.15) is 26.3 Å². The van der Waals surface area contributed by atoms with E-state index in [1.807, 2.05) is 51.1 Å². The Labute approximate surface area is 117 Å². The second-order valence-corrected chi connectivity index (χ2v) is 4.28. The molecule has 0 N–H and O–H groups in total. The summed E-state index contributed by atoms with van der Waals surface area (Å²) in [5, 5.41) is 0. The zero-order valence-electron chi connectivity index (χ0n) is 9.45. The molecule has 77 valence electrons. The number of rotatable bonds is 2. The fourth-order valence-corrected chi connectivity index (χ4v) is 0.933. The van der Waals surface area contributed by atoms with Crippen molar-refractivity contribution in [2.24, 2.45) is 5.41 Å². The molecule has 1 nitrogen and oxygen atoms in total. The molecule has 0 bridgehead atoms. The van der Waals surface area contributed by atoms with Crippen molar-refractivity contribution >= 4 is 11.9 Å². The van der Waals surface area contributed by atoms with Crippen molar-refractivity contribution in [2.45, 2.75) is 20.8 Å². The first kappa shape index (κ1) is 14.7. The molecule has 15 heavy (non-hydrogen) atoms. The zero-order chi connectivity index (χ0) is 10.6. The molecule has 0 aliphatic rings. The number of ketones is 1. The molecule has 0 aliphatic heterocycles. The van der Waals surface area contributed by atoms with Crippen LogP contribution in [0.2, 0.25) is 0 Å². The van der Waals surface area contributed by atoms with E-state index < -0.39 is 0 Å². The maximum absolute atomic E-state index is 11.5. The van der Waals surface area contributed by atoms with E-state index in [9.17, 15) is 4.79 Å². The quantitative estimate of drug-likeness (QED) is 0.599. The average Bonchev–Trinajstić information content (AvgIpc) is 2.14. The van der Waals surface area contributed by atoms with Crippen molar-refractivity contribution in [3.8, 4) is 0 Å². The minimum absolute atomic E-state index is 0. The van der Waals surface area contributed by atoms with E-state index in [4.69, 9.17) is 0 Å². The van der Waals surface area contributed by atoms with Gasteiger partial charge in [0.05, 0.1) is 0 Å². The number of allylic oxidation sites excluding steroid dienone is 1. The van der Waals surface area contributed by atoms with Gasteiger partial charge in [0.25, 0.3) is 0 Å². The van der Waals surface area contributed by atoms with Gasteiger partial charge in [-0.2, -0.15) is 30.3 Å². The van der Waals surface area contributed by atoms with E-state index >= 15 is 0 Å². The molecule has 0 aliphatic carbocycles. The van der Waals surface area contributed by atoms with Gasteiger partial charge in [-0.05, 0) is 6.08 Å². The monoisotopic (exact) mass is 276 g/mol. The molecule has 2 heteroatoms. The van der Waals surface area contributed by atoms with Crippen molar-refractivity contribution < 1.29 is 37.5 Å². The summed E-state index contributed by atoms with van der Waals surface area (Å²) in [6, 6.07) is 10.4. The molecule has 1 aromatic carbocycles. The van der Waals surface area contributed by atoms with Gasteiger partial charge in [-0.1, -0.05) is 26.8 Å². The molecule has 0 atom stereocenters. The molecule has 1 rings (SSSR count). The van der Waals surface area contributed by atoms with Crippen molar-refractivity contribution in [1.29, 1.82) is 0 Å². The van der Waals surface area contributed by atoms with Crippen LogP contribution in [0.5, 0.6) is 0 Å². The number of hydrogen-bond acceptors (Lipinski definition) is 1. The fourth-order valence-electron chi connectivity index (χ4n) is 0.933. The third kappa shape index (κ3) is 5.39. The minimum Gasteiger partial charge on any atom is -0.294 e. The smallest absolute Gasteiger partial charge is 0.160 e. The molecule has 0 spiro atoms. The van der Waals surface area contributed by atoms with E-state index in [1.54, 1.807) is 6.08 Å². The normalized spacial score (nSPS) is 11.1. The fraction of sp³-hybridized carbons (Fsp3) is 0.308. The Balaban J connectivity index is 0.00000196. The van der Waals surface area contributed by atoms with Gasteiger partial charge in [0.1, 0.15) is 0 Å². The summed E-state index contributed by atoms with van der Waals surface area (Å²) in [7, 11) is 0. The van der Waals surface area contributed by atoms with E-state index in [2.05, 4.69) is 6.07 Å². The van der Waals surface area contributed by atoms with E-state index in [0.29, 0.717) is 0 Å². The predicted molar refractivity (Wildman–Crippen MR) is 58.8 cm³/mol. The van der Waals surface area contributed by atoms with Crippen molar-refractivity contribution in [2.75, 3.05) is 0 Å². The number of hydrogen-bond donors (Lipinski definition) is 0. The summed E-state index contributed by atoms with van der Waals surface area (Å²) in [6.07, 6.45) is 3.47. The molecule has 0 amide bonds. The molecule has 0 fully saturated rings. The molecule has 0 saturated heterocycles. The minimum atomic E-state index is -0.294. The third-order valence-corrected chi connectivity index (χ3v) is 1.91. The SMILES string of the molecule is CC(C)(C)C(=O)/C=C/c1cc[c-]cc1.[Y]. The molecule has 1 radical (unpaired) electrons. The Morgan fingerprint density at radius 1 is 1.27 bits per heavy atom. The van der Waals surface area contributed by atoms with Crippen LogP contribution in [0.3, 0.4) is 0 Å². The van der Waals surface area contributed by atoms with E-state index in [1.165, 1.54) is 0 Å². The standard InChI is InChI=1S/C13H15O.Y/c1-13(2,3)12(14)10-9-11-7-5-4-6-8-11;/h5-10H,1-3H3;/q-1;/b10-9+;. The second-order valence-electron chi connectivity index (χ2n) is 4.28. The van der Waals surface area contributed by atoms with E-state index in [-0.39, 0.29) is 43.9 Å². The first-order valence-corrected chi connectivity index (χ1v) is 4.69. The van der Waals surface area contributed by atoms with Crippen molar-refractivity contribution in [3.05, 3.63) is 42.0 Å². The van der Waals surface area contributed by atoms with Crippen LogP contribution in [0, 0.1) is 11.5 Å². The zero-order valence-corrected chi connectivity index (χ0v) is 12.3. The molecule has 0 unspecified atom stereocenters. The first-order valence-electron chi connectivity index (χ1n) is 4.69. The third-order valence-electron chi connectivity index (χ3n) is 1.91. The Morgan fingerprint density at radius 2 is 1.80 bits per heavy atom. The van der Waals surface area contributed by atoms with Crippen LogP contribution in [0.25, 0.3) is 6.08 Å². The van der Waals surface area contributed by atoms with Crippen molar-refractivity contribution in [1.82, 2.24) is 0 Å². The molecule has 0 heterocycles. The van der Waals surface area contributed by atoms with Gasteiger partial charge in [-0.15, -0.1) is 5.56 Å². The Kier molecular flexibility index (Phi) is 6.23. The summed E-state index contributed by atoms with van der Waals surface area (Å²) >= 11 is 0. The van der Waals surface area contributed by atoms with Gasteiger partial charge in [0, 0.05) is 38.1 Å². The summed E-state index contributed by atoms with van der Waals surface area (Å²) in [6.45, 7) is 5.75. The molecule has 0 saturated carbocycles. The van der Waals surface area contributed by atoms with Crippen molar-refractivity contribution in [3.63, 3.8) is 0 Å². The van der Waals surface area contributed by atoms with Crippen LogP contribution in [0.4, 0.5) is 0 Å². The maximum Gasteiger partial charge on any atom is 0.160 e. The van der Waals surface area contributed by atoms with Gasteiger partial charge in [-0.3, -0.25) is 4.79 Å². The summed E-state index contributed by atoms with van der Waals surface area (Å²) in [5.74, 6) is 0.144. The molecule has 0 aromatic heterocycles. The van der Waals surface area contributed by atoms with Crippen LogP contribution >= 0.6 is 0 Å². The van der Waals surface area contributed by atoms with Gasteiger partial charge >= 0.3 is 0 Å². The Morgan fingerprint density at radius 3 is 2.27 bits per heavy atom. The first-order chi connectivity index (χ1) is 6.50. The number of carbonyl (C=O) groups excluding carboxylic acids is 1. The summed E-state index contributed by atoms with van der Waals surface area (Å²) < 4.78 is 0. The Bertz CT molecular complexity index is 333. The van der Waals surface area contributed by atoms with Crippen LogP contribution < -0.4 is 0 Å². The van der Waals surface area contributed by atoms with Crippen LogP contribution in [0.15, 0.2) is 30.3 Å². The Hall–Kier alpha value is -0.266. The summed E-state index contributed by atoms with van der Waals surface area (Å²) in [5.41, 5.74) is 0.735. The van der Waals surface area contributed by atoms with Gasteiger partial charge < -0.3 is 0 Å². The van der Waals surface area contributed by atoms with E-state index in [0.717, 1.165) is 5.56 Å². The molecular formula is C13H15OY-. The average molecular weight is 276 g/mol. The summed E-state index contributed by atoms with van der Waals surface area (Å²) in [4.78, 5) is 11.5. The maximum atomic E-state index is 11.5. The number of carbonyl (C=O) groups is 1. The topological polar surface area (TPSA) is 17.1 Å². The largest absolute Gasteiger partial charge is 0.294 e. The van der Waals surface area contributed by atoms with Gasteiger partial charge in [0.15, 0.2) is 5.78 Å². The molecular weight excluding hydrogens is 261 g/mol. The van der Waals surface area contributed by atoms with Gasteiger partial charge in [0.2, 0.25) is 0 Å². The van der Waals surface area contributed by atoms with Crippen LogP contribution in [-0.2, 0) is 37.5 Å². The number of benzene rings is 1. The van der Waals surface area contributed by atoms with Gasteiger partial charge in [-0.25, -0.2) is 0 Å². The predicted octanol–water partition coefficient (Wildman–Crippen LogP) is 3.11. The van der Waals surface area contributed by atoms with Crippen LogP contribution in [-0.4, -0.2) is 5.78 Å². The second kappa shape index (κ2) is 6.35.